The monoisotopic (exact) mass is 233 g/mol. The van der Waals surface area contributed by atoms with Gasteiger partial charge in [-0.2, -0.15) is 0 Å². The summed E-state index contributed by atoms with van der Waals surface area (Å²) in [6, 6.07) is 7.60. The minimum atomic E-state index is -0.121. The fourth-order valence-corrected chi connectivity index (χ4v) is 2.19. The average Bonchev–Trinajstić information content (AvgIpc) is 2.30. The SMILES string of the molecule is Cc1cccc(OC(=O)CC2CCCNC2)c1. The highest BCUT2D eigenvalue weighted by atomic mass is 16.5. The van der Waals surface area contributed by atoms with Crippen molar-refractivity contribution in [2.45, 2.75) is 26.2 Å². The Morgan fingerprint density at radius 3 is 3.12 bits per heavy atom. The van der Waals surface area contributed by atoms with Crippen molar-refractivity contribution in [1.82, 2.24) is 5.32 Å². The third-order valence-corrected chi connectivity index (χ3v) is 3.08. The van der Waals surface area contributed by atoms with Crippen molar-refractivity contribution < 1.29 is 9.53 Å². The molecule has 17 heavy (non-hydrogen) atoms. The topological polar surface area (TPSA) is 38.3 Å². The fraction of sp³-hybridized carbons (Fsp3) is 0.500. The van der Waals surface area contributed by atoms with E-state index in [1.807, 2.05) is 31.2 Å². The molecule has 1 N–H and O–H groups in total. The molecule has 1 aromatic rings. The second-order valence-corrected chi connectivity index (χ2v) is 4.71. The Kier molecular flexibility index (Phi) is 4.15. The molecule has 3 heteroatoms. The van der Waals surface area contributed by atoms with Gasteiger partial charge in [0.1, 0.15) is 5.75 Å². The van der Waals surface area contributed by atoms with Crippen LogP contribution < -0.4 is 10.1 Å². The number of benzene rings is 1. The van der Waals surface area contributed by atoms with Gasteiger partial charge in [-0.1, -0.05) is 12.1 Å². The maximum atomic E-state index is 11.7. The number of hydrogen-bond acceptors (Lipinski definition) is 3. The normalized spacial score (nSPS) is 19.9. The fourth-order valence-electron chi connectivity index (χ4n) is 2.19. The van der Waals surface area contributed by atoms with E-state index in [9.17, 15) is 4.79 Å². The molecule has 1 aliphatic rings. The molecule has 0 saturated carbocycles. The summed E-state index contributed by atoms with van der Waals surface area (Å²) in [4.78, 5) is 11.7. The molecule has 0 bridgehead atoms. The summed E-state index contributed by atoms with van der Waals surface area (Å²) in [6.45, 7) is 3.99. The lowest BCUT2D eigenvalue weighted by atomic mass is 9.96. The highest BCUT2D eigenvalue weighted by Gasteiger charge is 2.17. The van der Waals surface area contributed by atoms with Crippen LogP contribution in [-0.2, 0) is 4.79 Å². The van der Waals surface area contributed by atoms with E-state index in [-0.39, 0.29) is 5.97 Å². The van der Waals surface area contributed by atoms with Gasteiger partial charge in [-0.25, -0.2) is 0 Å². The number of hydrogen-bond donors (Lipinski definition) is 1. The zero-order chi connectivity index (χ0) is 12.1. The van der Waals surface area contributed by atoms with E-state index in [2.05, 4.69) is 5.32 Å². The molecule has 1 aromatic carbocycles. The zero-order valence-electron chi connectivity index (χ0n) is 10.2. The van der Waals surface area contributed by atoms with Crippen LogP contribution >= 0.6 is 0 Å². The van der Waals surface area contributed by atoms with Crippen LogP contribution in [0, 0.1) is 12.8 Å². The first-order valence-electron chi connectivity index (χ1n) is 6.22. The number of carbonyl (C=O) groups is 1. The highest BCUT2D eigenvalue weighted by molar-refractivity contribution is 5.72. The van der Waals surface area contributed by atoms with Gasteiger partial charge < -0.3 is 10.1 Å². The second kappa shape index (κ2) is 5.82. The van der Waals surface area contributed by atoms with Crippen molar-refractivity contribution in [3.05, 3.63) is 29.8 Å². The molecule has 92 valence electrons. The second-order valence-electron chi connectivity index (χ2n) is 4.71. The third kappa shape index (κ3) is 3.86. The number of esters is 1. The summed E-state index contributed by atoms with van der Waals surface area (Å²) in [6.07, 6.45) is 2.79. The van der Waals surface area contributed by atoms with Crippen LogP contribution in [-0.4, -0.2) is 19.1 Å². The Morgan fingerprint density at radius 2 is 2.41 bits per heavy atom. The number of ether oxygens (including phenoxy) is 1. The lowest BCUT2D eigenvalue weighted by molar-refractivity contribution is -0.135. The minimum absolute atomic E-state index is 0.121. The summed E-state index contributed by atoms with van der Waals surface area (Å²) in [7, 11) is 0. The van der Waals surface area contributed by atoms with Gasteiger partial charge in [0.2, 0.25) is 0 Å². The minimum Gasteiger partial charge on any atom is -0.427 e. The molecule has 1 aliphatic heterocycles. The summed E-state index contributed by atoms with van der Waals surface area (Å²) in [5.41, 5.74) is 1.11. The van der Waals surface area contributed by atoms with E-state index in [0.29, 0.717) is 18.1 Å². The van der Waals surface area contributed by atoms with Gasteiger partial charge in [-0.05, 0) is 56.5 Å². The first-order chi connectivity index (χ1) is 8.24. The van der Waals surface area contributed by atoms with E-state index >= 15 is 0 Å². The van der Waals surface area contributed by atoms with Crippen LogP contribution in [0.5, 0.6) is 5.75 Å². The summed E-state index contributed by atoms with van der Waals surface area (Å²) in [5, 5.41) is 3.31. The van der Waals surface area contributed by atoms with E-state index in [1.165, 1.54) is 0 Å². The van der Waals surface area contributed by atoms with Gasteiger partial charge in [0.25, 0.3) is 0 Å². The molecular weight excluding hydrogens is 214 g/mol. The van der Waals surface area contributed by atoms with Crippen molar-refractivity contribution in [3.63, 3.8) is 0 Å². The van der Waals surface area contributed by atoms with E-state index in [4.69, 9.17) is 4.74 Å². The molecule has 0 radical (unpaired) electrons. The van der Waals surface area contributed by atoms with Crippen molar-refractivity contribution in [2.24, 2.45) is 5.92 Å². The van der Waals surface area contributed by atoms with Crippen LogP contribution in [0.3, 0.4) is 0 Å². The van der Waals surface area contributed by atoms with Gasteiger partial charge in [-0.3, -0.25) is 4.79 Å². The molecular formula is C14H19NO2. The standard InChI is InChI=1S/C14H19NO2/c1-11-4-2-6-13(8-11)17-14(16)9-12-5-3-7-15-10-12/h2,4,6,8,12,15H,3,5,7,9-10H2,1H3. The van der Waals surface area contributed by atoms with Crippen LogP contribution in [0.4, 0.5) is 0 Å². The Hall–Kier alpha value is -1.35. The molecule has 0 spiro atoms. The number of rotatable bonds is 3. The smallest absolute Gasteiger partial charge is 0.311 e. The van der Waals surface area contributed by atoms with Crippen molar-refractivity contribution in [1.29, 1.82) is 0 Å². The maximum Gasteiger partial charge on any atom is 0.311 e. The number of nitrogens with one attached hydrogen (secondary N) is 1. The quantitative estimate of drug-likeness (QED) is 0.643. The average molecular weight is 233 g/mol. The van der Waals surface area contributed by atoms with Gasteiger partial charge in [0.05, 0.1) is 0 Å². The summed E-state index contributed by atoms with van der Waals surface area (Å²) < 4.78 is 5.33. The van der Waals surface area contributed by atoms with Gasteiger partial charge in [0, 0.05) is 6.42 Å². The van der Waals surface area contributed by atoms with Gasteiger partial charge in [-0.15, -0.1) is 0 Å². The third-order valence-electron chi connectivity index (χ3n) is 3.08. The van der Waals surface area contributed by atoms with Crippen LogP contribution in [0.1, 0.15) is 24.8 Å². The van der Waals surface area contributed by atoms with E-state index < -0.39 is 0 Å². The molecule has 0 aromatic heterocycles. The van der Waals surface area contributed by atoms with Gasteiger partial charge >= 0.3 is 5.97 Å². The van der Waals surface area contributed by atoms with E-state index in [1.54, 1.807) is 0 Å². The molecule has 1 atom stereocenters. The van der Waals surface area contributed by atoms with Crippen molar-refractivity contribution in [3.8, 4) is 5.75 Å². The Morgan fingerprint density at radius 1 is 1.53 bits per heavy atom. The maximum absolute atomic E-state index is 11.7. The van der Waals surface area contributed by atoms with Crippen molar-refractivity contribution >= 4 is 5.97 Å². The number of piperidine rings is 1. The van der Waals surface area contributed by atoms with Crippen LogP contribution in [0.2, 0.25) is 0 Å². The molecule has 1 fully saturated rings. The Bertz CT molecular complexity index is 384. The molecule has 3 nitrogen and oxygen atoms in total. The summed E-state index contributed by atoms with van der Waals surface area (Å²) in [5.74, 6) is 0.962. The predicted octanol–water partition coefficient (Wildman–Crippen LogP) is 2.29. The predicted molar refractivity (Wildman–Crippen MR) is 67.0 cm³/mol. The molecule has 1 heterocycles. The molecule has 1 unspecified atom stereocenters. The van der Waals surface area contributed by atoms with Crippen LogP contribution in [0.15, 0.2) is 24.3 Å². The Balaban J connectivity index is 1.84. The van der Waals surface area contributed by atoms with Crippen LogP contribution in [0.25, 0.3) is 0 Å². The lowest BCUT2D eigenvalue weighted by Gasteiger charge is -2.21. The Labute approximate surface area is 102 Å². The molecule has 2 rings (SSSR count). The lowest BCUT2D eigenvalue weighted by Crippen LogP contribution is -2.31. The van der Waals surface area contributed by atoms with E-state index in [0.717, 1.165) is 31.5 Å². The zero-order valence-corrected chi connectivity index (χ0v) is 10.2. The highest BCUT2D eigenvalue weighted by Crippen LogP contribution is 2.17. The first kappa shape index (κ1) is 12.1. The molecule has 0 aliphatic carbocycles. The largest absolute Gasteiger partial charge is 0.427 e. The van der Waals surface area contributed by atoms with Gasteiger partial charge in [0.15, 0.2) is 0 Å². The number of aryl methyl sites for hydroxylation is 1. The first-order valence-corrected chi connectivity index (χ1v) is 6.22. The summed E-state index contributed by atoms with van der Waals surface area (Å²) >= 11 is 0. The van der Waals surface area contributed by atoms with Crippen molar-refractivity contribution in [2.75, 3.05) is 13.1 Å². The number of carbonyl (C=O) groups excluding carboxylic acids is 1. The molecule has 1 saturated heterocycles. The molecule has 0 amide bonds.